The Balaban J connectivity index is 2.72. The van der Waals surface area contributed by atoms with Gasteiger partial charge in [0.05, 0.1) is 0 Å². The Morgan fingerprint density at radius 1 is 1.67 bits per heavy atom. The highest BCUT2D eigenvalue weighted by molar-refractivity contribution is 5.30. The summed E-state index contributed by atoms with van der Waals surface area (Å²) in [6.45, 7) is 4.58. The summed E-state index contributed by atoms with van der Waals surface area (Å²) in [4.78, 5) is 6.39. The lowest BCUT2D eigenvalue weighted by molar-refractivity contribution is 0.750. The predicted octanol–water partition coefficient (Wildman–Crippen LogP) is 0.205. The molecule has 0 aliphatic heterocycles. The molecule has 0 aliphatic carbocycles. The molecule has 0 unspecified atom stereocenters. The Labute approximate surface area is 73.0 Å². The minimum atomic E-state index is 0.667. The molecule has 0 aromatic carbocycles. The second-order valence-electron chi connectivity index (χ2n) is 2.71. The molecule has 0 atom stereocenters. The monoisotopic (exact) mass is 168 g/mol. The maximum Gasteiger partial charge on any atom is 0.205 e. The van der Waals surface area contributed by atoms with Crippen molar-refractivity contribution in [3.63, 3.8) is 0 Å². The lowest BCUT2D eigenvalue weighted by Crippen LogP contribution is -2.31. The van der Waals surface area contributed by atoms with Crippen LogP contribution in [0.25, 0.3) is 0 Å². The Bertz CT molecular complexity index is 231. The Kier molecular flexibility index (Phi) is 3.10. The van der Waals surface area contributed by atoms with Crippen molar-refractivity contribution >= 4 is 5.95 Å². The van der Waals surface area contributed by atoms with Gasteiger partial charge in [-0.25, -0.2) is 4.98 Å². The first-order chi connectivity index (χ1) is 5.79. The van der Waals surface area contributed by atoms with Crippen LogP contribution in [0.5, 0.6) is 0 Å². The van der Waals surface area contributed by atoms with Crippen LogP contribution in [-0.2, 0) is 7.05 Å². The van der Waals surface area contributed by atoms with Crippen LogP contribution in [0.3, 0.4) is 0 Å². The number of likely N-dealkylation sites (N-methyl/N-ethyl adjacent to an activating group) is 1. The van der Waals surface area contributed by atoms with Gasteiger partial charge in [-0.05, 0) is 6.92 Å². The number of nitrogens with zero attached hydrogens (tertiary/aromatic N) is 3. The molecule has 0 saturated carbocycles. The highest BCUT2D eigenvalue weighted by atomic mass is 15.3. The van der Waals surface area contributed by atoms with Gasteiger partial charge in [-0.3, -0.25) is 0 Å². The molecule has 0 fully saturated rings. The van der Waals surface area contributed by atoms with Crippen molar-refractivity contribution in [3.05, 3.63) is 12.4 Å². The number of anilines is 1. The average molecular weight is 168 g/mol. The molecule has 4 heteroatoms. The topological polar surface area (TPSA) is 47.1 Å². The van der Waals surface area contributed by atoms with Crippen LogP contribution in [-0.4, -0.2) is 29.2 Å². The van der Waals surface area contributed by atoms with Gasteiger partial charge in [0.1, 0.15) is 0 Å². The molecule has 0 amide bonds. The van der Waals surface area contributed by atoms with Crippen molar-refractivity contribution in [3.8, 4) is 0 Å². The number of aryl methyl sites for hydroxylation is 1. The maximum absolute atomic E-state index is 5.48. The number of nitrogens with two attached hydrogens (primary N) is 1. The SMILES string of the molecule is CCN(CCN)c1nccn1C. The summed E-state index contributed by atoms with van der Waals surface area (Å²) >= 11 is 0. The summed E-state index contributed by atoms with van der Waals surface area (Å²) in [5.41, 5.74) is 5.48. The molecule has 1 aromatic heterocycles. The zero-order valence-corrected chi connectivity index (χ0v) is 7.70. The number of hydrogen-bond acceptors (Lipinski definition) is 3. The van der Waals surface area contributed by atoms with E-state index in [1.165, 1.54) is 0 Å². The van der Waals surface area contributed by atoms with Gasteiger partial charge >= 0.3 is 0 Å². The first kappa shape index (κ1) is 9.06. The molecule has 0 radical (unpaired) electrons. The fourth-order valence-electron chi connectivity index (χ4n) is 1.22. The van der Waals surface area contributed by atoms with E-state index in [9.17, 15) is 0 Å². The van der Waals surface area contributed by atoms with Gasteiger partial charge in [0, 0.05) is 39.1 Å². The number of imidazole rings is 1. The third-order valence-corrected chi connectivity index (χ3v) is 1.86. The van der Waals surface area contributed by atoms with E-state index in [0.29, 0.717) is 6.54 Å². The molecule has 1 aromatic rings. The number of rotatable bonds is 4. The Morgan fingerprint density at radius 2 is 2.42 bits per heavy atom. The van der Waals surface area contributed by atoms with E-state index in [1.807, 2.05) is 17.8 Å². The van der Waals surface area contributed by atoms with Gasteiger partial charge in [0.2, 0.25) is 5.95 Å². The van der Waals surface area contributed by atoms with Gasteiger partial charge in [0.15, 0.2) is 0 Å². The molecule has 0 bridgehead atoms. The molecule has 2 N–H and O–H groups in total. The maximum atomic E-state index is 5.48. The second kappa shape index (κ2) is 4.11. The van der Waals surface area contributed by atoms with E-state index in [-0.39, 0.29) is 0 Å². The van der Waals surface area contributed by atoms with Crippen molar-refractivity contribution in [2.24, 2.45) is 12.8 Å². The zero-order valence-electron chi connectivity index (χ0n) is 7.70. The van der Waals surface area contributed by atoms with E-state index in [4.69, 9.17) is 5.73 Å². The number of hydrogen-bond donors (Lipinski definition) is 1. The van der Waals surface area contributed by atoms with E-state index >= 15 is 0 Å². The highest BCUT2D eigenvalue weighted by Crippen LogP contribution is 2.07. The molecule has 0 aliphatic rings. The summed E-state index contributed by atoms with van der Waals surface area (Å²) in [7, 11) is 1.99. The molecule has 4 nitrogen and oxygen atoms in total. The van der Waals surface area contributed by atoms with E-state index in [0.717, 1.165) is 19.0 Å². The molecule has 1 rings (SSSR count). The first-order valence-electron chi connectivity index (χ1n) is 4.22. The third-order valence-electron chi connectivity index (χ3n) is 1.86. The van der Waals surface area contributed by atoms with Crippen molar-refractivity contribution in [2.75, 3.05) is 24.5 Å². The molecule has 0 spiro atoms. The van der Waals surface area contributed by atoms with Crippen LogP contribution in [0.1, 0.15) is 6.92 Å². The van der Waals surface area contributed by atoms with Gasteiger partial charge in [-0.2, -0.15) is 0 Å². The summed E-state index contributed by atoms with van der Waals surface area (Å²) in [5.74, 6) is 0.989. The standard InChI is InChI=1S/C8H16N4/c1-3-12(6-4-9)8-10-5-7-11(8)2/h5,7H,3-4,6,9H2,1-2H3. The van der Waals surface area contributed by atoms with Crippen LogP contribution >= 0.6 is 0 Å². The number of aromatic nitrogens is 2. The van der Waals surface area contributed by atoms with Crippen LogP contribution < -0.4 is 10.6 Å². The third kappa shape index (κ3) is 1.76. The Hall–Kier alpha value is -1.03. The first-order valence-corrected chi connectivity index (χ1v) is 4.22. The van der Waals surface area contributed by atoms with Crippen LogP contribution in [0.15, 0.2) is 12.4 Å². The fraction of sp³-hybridized carbons (Fsp3) is 0.625. The molecule has 0 saturated heterocycles. The largest absolute Gasteiger partial charge is 0.341 e. The lowest BCUT2D eigenvalue weighted by Gasteiger charge is -2.20. The van der Waals surface area contributed by atoms with Crippen molar-refractivity contribution in [1.29, 1.82) is 0 Å². The molecular weight excluding hydrogens is 152 g/mol. The minimum Gasteiger partial charge on any atom is -0.341 e. The summed E-state index contributed by atoms with van der Waals surface area (Å²) in [6.07, 6.45) is 3.74. The second-order valence-corrected chi connectivity index (χ2v) is 2.71. The van der Waals surface area contributed by atoms with Crippen molar-refractivity contribution in [1.82, 2.24) is 9.55 Å². The van der Waals surface area contributed by atoms with Crippen molar-refractivity contribution < 1.29 is 0 Å². The molecule has 12 heavy (non-hydrogen) atoms. The fourth-order valence-corrected chi connectivity index (χ4v) is 1.22. The quantitative estimate of drug-likeness (QED) is 0.699. The van der Waals surface area contributed by atoms with E-state index in [1.54, 1.807) is 6.20 Å². The summed E-state index contributed by atoms with van der Waals surface area (Å²) in [5, 5.41) is 0. The zero-order chi connectivity index (χ0) is 8.97. The minimum absolute atomic E-state index is 0.667. The van der Waals surface area contributed by atoms with Crippen LogP contribution in [0.2, 0.25) is 0 Å². The van der Waals surface area contributed by atoms with Gasteiger partial charge in [-0.15, -0.1) is 0 Å². The highest BCUT2D eigenvalue weighted by Gasteiger charge is 2.06. The van der Waals surface area contributed by atoms with Gasteiger partial charge in [0.25, 0.3) is 0 Å². The lowest BCUT2D eigenvalue weighted by atomic mass is 10.5. The average Bonchev–Trinajstić information content (AvgIpc) is 2.47. The van der Waals surface area contributed by atoms with Gasteiger partial charge < -0.3 is 15.2 Å². The van der Waals surface area contributed by atoms with E-state index in [2.05, 4.69) is 16.8 Å². The van der Waals surface area contributed by atoms with Gasteiger partial charge in [-0.1, -0.05) is 0 Å². The summed E-state index contributed by atoms with van der Waals surface area (Å²) < 4.78 is 2.00. The van der Waals surface area contributed by atoms with E-state index < -0.39 is 0 Å². The molecular formula is C8H16N4. The Morgan fingerprint density at radius 3 is 2.83 bits per heavy atom. The molecule has 1 heterocycles. The normalized spacial score (nSPS) is 10.2. The van der Waals surface area contributed by atoms with Crippen LogP contribution in [0.4, 0.5) is 5.95 Å². The molecule has 68 valence electrons. The van der Waals surface area contributed by atoms with Crippen molar-refractivity contribution in [2.45, 2.75) is 6.92 Å². The van der Waals surface area contributed by atoms with Crippen LogP contribution in [0, 0.1) is 0 Å². The smallest absolute Gasteiger partial charge is 0.205 e. The predicted molar refractivity (Wildman–Crippen MR) is 50.1 cm³/mol. The summed E-state index contributed by atoms with van der Waals surface area (Å²) in [6, 6.07) is 0.